The first-order valence-corrected chi connectivity index (χ1v) is 13.7. The van der Waals surface area contributed by atoms with Crippen molar-refractivity contribution in [1.82, 2.24) is 19.5 Å². The van der Waals surface area contributed by atoms with E-state index in [1.165, 1.54) is 12.1 Å². The molecular formula is C23H31Cl2N7O3S. The molecule has 13 heteroatoms. The zero-order chi connectivity index (χ0) is 25.5. The molecule has 2 aromatic heterocycles. The van der Waals surface area contributed by atoms with Gasteiger partial charge in [-0.1, -0.05) is 18.5 Å². The number of aryl methyl sites for hydroxylation is 1. The summed E-state index contributed by atoms with van der Waals surface area (Å²) in [4.78, 5) is 22.0. The van der Waals surface area contributed by atoms with Gasteiger partial charge in [-0.2, -0.15) is 5.10 Å². The first-order chi connectivity index (χ1) is 16.5. The Bertz CT molecular complexity index is 1380. The number of nitrogens with two attached hydrogens (primary N) is 1. The van der Waals surface area contributed by atoms with Crippen molar-refractivity contribution in [2.75, 3.05) is 36.0 Å². The normalized spacial score (nSPS) is 16.6. The highest BCUT2D eigenvalue weighted by Gasteiger charge is 2.27. The number of amides is 1. The predicted molar refractivity (Wildman–Crippen MR) is 145 cm³/mol. The van der Waals surface area contributed by atoms with Crippen molar-refractivity contribution < 1.29 is 13.2 Å². The largest absolute Gasteiger partial charge is 0.355 e. The molecule has 3 aromatic rings. The Balaban J connectivity index is 0.00000361. The van der Waals surface area contributed by atoms with Gasteiger partial charge in [0.1, 0.15) is 5.82 Å². The Morgan fingerprint density at radius 3 is 2.69 bits per heavy atom. The number of fused-ring (bicyclic) bond motifs is 1. The van der Waals surface area contributed by atoms with Crippen LogP contribution in [0, 0.1) is 6.92 Å². The molecule has 10 nitrogen and oxygen atoms in total. The maximum absolute atomic E-state index is 13.4. The summed E-state index contributed by atoms with van der Waals surface area (Å²) in [6, 6.07) is 6.17. The minimum absolute atomic E-state index is 0. The lowest BCUT2D eigenvalue weighted by atomic mass is 10.1. The average molecular weight is 557 g/mol. The number of carbonyl (C=O) groups excluding carboxylic acids is 1. The molecule has 0 radical (unpaired) electrons. The van der Waals surface area contributed by atoms with Crippen molar-refractivity contribution in [3.8, 4) is 0 Å². The summed E-state index contributed by atoms with van der Waals surface area (Å²) in [5, 5.41) is 5.02. The lowest BCUT2D eigenvalue weighted by Crippen LogP contribution is -2.32. The second kappa shape index (κ2) is 10.8. The van der Waals surface area contributed by atoms with Gasteiger partial charge in [-0.25, -0.2) is 17.9 Å². The van der Waals surface area contributed by atoms with Crippen LogP contribution < -0.4 is 15.4 Å². The molecule has 1 fully saturated rings. The minimum Gasteiger partial charge on any atom is -0.355 e. The Morgan fingerprint density at radius 1 is 1.36 bits per heavy atom. The number of hydrogen-bond donors (Lipinski definition) is 2. The molecule has 1 aliphatic rings. The van der Waals surface area contributed by atoms with E-state index in [9.17, 15) is 13.2 Å². The van der Waals surface area contributed by atoms with E-state index < -0.39 is 10.0 Å². The quantitative estimate of drug-likeness (QED) is 0.458. The van der Waals surface area contributed by atoms with Crippen LogP contribution in [0.5, 0.6) is 0 Å². The van der Waals surface area contributed by atoms with Gasteiger partial charge in [0, 0.05) is 49.0 Å². The molecular weight excluding hydrogens is 525 g/mol. The van der Waals surface area contributed by atoms with Crippen LogP contribution >= 0.6 is 24.0 Å². The number of carbonyl (C=O) groups is 1. The predicted octanol–water partition coefficient (Wildman–Crippen LogP) is 3.25. The second-order valence-electron chi connectivity index (χ2n) is 9.02. The maximum atomic E-state index is 13.4. The van der Waals surface area contributed by atoms with Gasteiger partial charge in [-0.3, -0.25) is 9.52 Å². The number of sulfonamides is 1. The van der Waals surface area contributed by atoms with Crippen molar-refractivity contribution in [2.24, 2.45) is 5.73 Å². The molecule has 3 heterocycles. The zero-order valence-electron chi connectivity index (χ0n) is 20.6. The number of rotatable bonds is 7. The monoisotopic (exact) mass is 555 g/mol. The molecule has 3 N–H and O–H groups in total. The van der Waals surface area contributed by atoms with Crippen LogP contribution in [-0.2, 0) is 10.0 Å². The first-order valence-electron chi connectivity index (χ1n) is 11.4. The highest BCUT2D eigenvalue weighted by molar-refractivity contribution is 7.92. The van der Waals surface area contributed by atoms with Gasteiger partial charge in [-0.15, -0.1) is 12.4 Å². The number of benzene rings is 1. The topological polar surface area (TPSA) is 126 Å². The summed E-state index contributed by atoms with van der Waals surface area (Å²) in [7, 11) is -1.93. The molecule has 196 valence electrons. The van der Waals surface area contributed by atoms with Crippen molar-refractivity contribution in [3.05, 3.63) is 52.3 Å². The number of halogens is 2. The molecule has 1 aromatic carbocycles. The average Bonchev–Trinajstić information content (AvgIpc) is 3.37. The van der Waals surface area contributed by atoms with Gasteiger partial charge in [0.15, 0.2) is 5.65 Å². The van der Waals surface area contributed by atoms with Crippen LogP contribution in [0.3, 0.4) is 0 Å². The maximum Gasteiger partial charge on any atom is 0.256 e. The number of anilines is 2. The number of hydrogen-bond acceptors (Lipinski definition) is 7. The van der Waals surface area contributed by atoms with Crippen LogP contribution in [0.2, 0.25) is 5.02 Å². The lowest BCUT2D eigenvalue weighted by Gasteiger charge is -2.27. The summed E-state index contributed by atoms with van der Waals surface area (Å²) in [5.41, 5.74) is 8.79. The van der Waals surface area contributed by atoms with Crippen molar-refractivity contribution in [3.63, 3.8) is 0 Å². The summed E-state index contributed by atoms with van der Waals surface area (Å²) in [6.07, 6.45) is 4.49. The molecule has 0 spiro atoms. The second-order valence-corrected chi connectivity index (χ2v) is 11.2. The third kappa shape index (κ3) is 5.86. The van der Waals surface area contributed by atoms with Crippen molar-refractivity contribution in [2.45, 2.75) is 38.8 Å². The Hall–Kier alpha value is -2.60. The standard InChI is InChI=1S/C23H30ClN7O3S.ClH/c1-5-20(29(3)23(32)17-7-6-15(24)10-18(17)28-35(4,33)34)19-11-21-26-22(14(2)12-31(21)27-19)30-9-8-16(25)13-30;/h6-7,10-12,16,20,28H,5,8-9,13,25H2,1-4H3;1H/t16-,20-;/m0./s1. The Kier molecular flexibility index (Phi) is 8.39. The van der Waals surface area contributed by atoms with E-state index in [2.05, 4.69) is 9.62 Å². The van der Waals surface area contributed by atoms with E-state index in [1.807, 2.05) is 26.1 Å². The van der Waals surface area contributed by atoms with Gasteiger partial charge in [0.25, 0.3) is 5.91 Å². The van der Waals surface area contributed by atoms with Gasteiger partial charge in [0.05, 0.1) is 29.2 Å². The SMILES string of the molecule is CC[C@@H](c1cc2nc(N3CC[C@H](N)C3)c(C)cn2n1)N(C)C(=O)c1ccc(Cl)cc1NS(C)(=O)=O.Cl. The summed E-state index contributed by atoms with van der Waals surface area (Å²) < 4.78 is 27.8. The van der Waals surface area contributed by atoms with E-state index in [0.717, 1.165) is 37.1 Å². The van der Waals surface area contributed by atoms with E-state index >= 15 is 0 Å². The Morgan fingerprint density at radius 2 is 2.08 bits per heavy atom. The highest BCUT2D eigenvalue weighted by Crippen LogP contribution is 2.29. The van der Waals surface area contributed by atoms with Crippen LogP contribution in [0.25, 0.3) is 5.65 Å². The van der Waals surface area contributed by atoms with Crippen LogP contribution in [0.4, 0.5) is 11.5 Å². The molecule has 1 aliphatic heterocycles. The zero-order valence-corrected chi connectivity index (χ0v) is 23.0. The van der Waals surface area contributed by atoms with Crippen molar-refractivity contribution in [1.29, 1.82) is 0 Å². The molecule has 0 saturated carbocycles. The Labute approximate surface area is 222 Å². The van der Waals surface area contributed by atoms with E-state index in [1.54, 1.807) is 22.5 Å². The molecule has 0 unspecified atom stereocenters. The highest BCUT2D eigenvalue weighted by atomic mass is 35.5. The number of nitrogens with zero attached hydrogens (tertiary/aromatic N) is 5. The fourth-order valence-electron chi connectivity index (χ4n) is 4.48. The smallest absolute Gasteiger partial charge is 0.256 e. The fourth-order valence-corrected chi connectivity index (χ4v) is 5.22. The molecule has 4 rings (SSSR count). The molecule has 0 aliphatic carbocycles. The molecule has 2 atom stereocenters. The summed E-state index contributed by atoms with van der Waals surface area (Å²) in [6.45, 7) is 5.60. The minimum atomic E-state index is -3.60. The molecule has 0 bridgehead atoms. The van der Waals surface area contributed by atoms with Gasteiger partial charge in [0.2, 0.25) is 10.0 Å². The molecule has 1 amide bonds. The fraction of sp³-hybridized carbons (Fsp3) is 0.435. The number of nitrogens with one attached hydrogen (secondary N) is 1. The van der Waals surface area contributed by atoms with E-state index in [4.69, 9.17) is 27.4 Å². The van der Waals surface area contributed by atoms with Crippen LogP contribution in [0.15, 0.2) is 30.5 Å². The third-order valence-electron chi connectivity index (χ3n) is 6.17. The van der Waals surface area contributed by atoms with Crippen LogP contribution in [-0.4, -0.2) is 66.3 Å². The first kappa shape index (κ1) is 28.0. The van der Waals surface area contributed by atoms with Crippen molar-refractivity contribution >= 4 is 57.1 Å². The molecule has 1 saturated heterocycles. The van der Waals surface area contributed by atoms with Gasteiger partial charge < -0.3 is 15.5 Å². The molecule has 36 heavy (non-hydrogen) atoms. The van der Waals surface area contributed by atoms with Gasteiger partial charge in [-0.05, 0) is 38.0 Å². The lowest BCUT2D eigenvalue weighted by molar-refractivity contribution is 0.0723. The van der Waals surface area contributed by atoms with E-state index in [0.29, 0.717) is 22.8 Å². The third-order valence-corrected chi connectivity index (χ3v) is 7.00. The summed E-state index contributed by atoms with van der Waals surface area (Å²) in [5.74, 6) is 0.541. The summed E-state index contributed by atoms with van der Waals surface area (Å²) >= 11 is 6.05. The van der Waals surface area contributed by atoms with E-state index in [-0.39, 0.29) is 41.6 Å². The van der Waals surface area contributed by atoms with Crippen LogP contribution in [0.1, 0.15) is 47.4 Å². The number of aromatic nitrogens is 3. The van der Waals surface area contributed by atoms with Gasteiger partial charge >= 0.3 is 0 Å².